The van der Waals surface area contributed by atoms with Crippen molar-refractivity contribution >= 4 is 11.8 Å². The predicted molar refractivity (Wildman–Crippen MR) is 81.5 cm³/mol. The Labute approximate surface area is 125 Å². The second kappa shape index (κ2) is 6.32. The number of methoxy groups -OCH3 is 1. The molecule has 1 rings (SSSR count). The first-order chi connectivity index (χ1) is 9.59. The van der Waals surface area contributed by atoms with Gasteiger partial charge in [0.25, 0.3) is 0 Å². The van der Waals surface area contributed by atoms with Crippen LogP contribution in [-0.2, 0) is 10.3 Å². The van der Waals surface area contributed by atoms with E-state index in [-0.39, 0.29) is 6.61 Å². The fourth-order valence-electron chi connectivity index (χ4n) is 1.75. The second-order valence-electron chi connectivity index (χ2n) is 6.11. The number of aliphatic hydroxyl groups is 1. The Kier molecular flexibility index (Phi) is 5.20. The number of nitrogens with two attached hydrogens (primary N) is 1. The van der Waals surface area contributed by atoms with Gasteiger partial charge < -0.3 is 20.3 Å². The number of carbonyl (C=O) groups excluding carboxylic acids is 1. The van der Waals surface area contributed by atoms with E-state index in [0.717, 1.165) is 0 Å². The fraction of sp³-hybridized carbons (Fsp3) is 0.533. The van der Waals surface area contributed by atoms with Crippen LogP contribution in [0.4, 0.5) is 10.5 Å². The van der Waals surface area contributed by atoms with E-state index in [1.165, 1.54) is 7.11 Å². The van der Waals surface area contributed by atoms with Crippen LogP contribution in [0.1, 0.15) is 33.3 Å². The topological polar surface area (TPSA) is 93.8 Å². The molecule has 0 fully saturated rings. The first-order valence-corrected chi connectivity index (χ1v) is 6.67. The maximum absolute atomic E-state index is 11.9. The molecule has 0 saturated heterocycles. The van der Waals surface area contributed by atoms with Crippen molar-refractivity contribution in [1.82, 2.24) is 0 Å². The summed E-state index contributed by atoms with van der Waals surface area (Å²) in [6.07, 6.45) is -0.592. The fourth-order valence-corrected chi connectivity index (χ4v) is 1.75. The Balaban J connectivity index is 3.11. The Morgan fingerprint density at radius 1 is 1.33 bits per heavy atom. The van der Waals surface area contributed by atoms with Gasteiger partial charge in [-0.3, -0.25) is 5.32 Å². The highest BCUT2D eigenvalue weighted by Crippen LogP contribution is 2.30. The number of aliphatic hydroxyl groups excluding tert-OH is 1. The summed E-state index contributed by atoms with van der Waals surface area (Å²) in [4.78, 5) is 11.9. The SMILES string of the molecule is COc1ccc(C(C)(N)CO)c(NC(=O)OC(C)(C)C)c1. The van der Waals surface area contributed by atoms with Crippen LogP contribution in [0, 0.1) is 0 Å². The molecule has 1 unspecified atom stereocenters. The van der Waals surface area contributed by atoms with E-state index >= 15 is 0 Å². The Hall–Kier alpha value is -1.79. The van der Waals surface area contributed by atoms with Crippen LogP contribution < -0.4 is 15.8 Å². The van der Waals surface area contributed by atoms with Gasteiger partial charge in [0.1, 0.15) is 11.4 Å². The predicted octanol–water partition coefficient (Wildman–Crippen LogP) is 2.21. The third-order valence-corrected chi connectivity index (χ3v) is 2.81. The van der Waals surface area contributed by atoms with Crippen LogP contribution in [0.2, 0.25) is 0 Å². The van der Waals surface area contributed by atoms with E-state index in [4.69, 9.17) is 15.2 Å². The van der Waals surface area contributed by atoms with Gasteiger partial charge >= 0.3 is 6.09 Å². The van der Waals surface area contributed by atoms with Crippen molar-refractivity contribution in [2.75, 3.05) is 19.0 Å². The molecule has 21 heavy (non-hydrogen) atoms. The number of ether oxygens (including phenoxy) is 2. The molecule has 6 heteroatoms. The third kappa shape index (κ3) is 4.91. The number of anilines is 1. The number of hydrogen-bond donors (Lipinski definition) is 3. The van der Waals surface area contributed by atoms with Gasteiger partial charge in [-0.2, -0.15) is 0 Å². The zero-order valence-corrected chi connectivity index (χ0v) is 13.2. The molecule has 118 valence electrons. The van der Waals surface area contributed by atoms with Gasteiger partial charge in [-0.25, -0.2) is 4.79 Å². The van der Waals surface area contributed by atoms with E-state index in [1.54, 1.807) is 45.9 Å². The molecule has 0 saturated carbocycles. The minimum absolute atomic E-state index is 0.262. The van der Waals surface area contributed by atoms with Crippen molar-refractivity contribution < 1.29 is 19.4 Å². The largest absolute Gasteiger partial charge is 0.497 e. The first kappa shape index (κ1) is 17.3. The summed E-state index contributed by atoms with van der Waals surface area (Å²) in [5.41, 5.74) is 5.50. The van der Waals surface area contributed by atoms with E-state index in [2.05, 4.69) is 5.32 Å². The summed E-state index contributed by atoms with van der Waals surface area (Å²) in [6, 6.07) is 5.07. The molecule has 6 nitrogen and oxygen atoms in total. The van der Waals surface area contributed by atoms with Gasteiger partial charge in [0.05, 0.1) is 24.9 Å². The van der Waals surface area contributed by atoms with Gasteiger partial charge in [-0.15, -0.1) is 0 Å². The standard InChI is InChI=1S/C15H24N2O4/c1-14(2,3)21-13(19)17-12-8-10(20-5)6-7-11(12)15(4,16)9-18/h6-8,18H,9,16H2,1-5H3,(H,17,19). The van der Waals surface area contributed by atoms with Gasteiger partial charge in [0.15, 0.2) is 0 Å². The molecule has 0 aliphatic heterocycles. The first-order valence-electron chi connectivity index (χ1n) is 6.67. The molecule has 0 aliphatic carbocycles. The molecule has 0 radical (unpaired) electrons. The number of nitrogens with one attached hydrogen (secondary N) is 1. The molecule has 1 amide bonds. The zero-order valence-electron chi connectivity index (χ0n) is 13.2. The lowest BCUT2D eigenvalue weighted by molar-refractivity contribution is 0.0635. The van der Waals surface area contributed by atoms with Crippen LogP contribution in [-0.4, -0.2) is 30.5 Å². The smallest absolute Gasteiger partial charge is 0.412 e. The van der Waals surface area contributed by atoms with Crippen LogP contribution >= 0.6 is 0 Å². The van der Waals surface area contributed by atoms with Gasteiger partial charge in [-0.05, 0) is 39.3 Å². The van der Waals surface area contributed by atoms with Crippen LogP contribution in [0.5, 0.6) is 5.75 Å². The number of rotatable bonds is 4. The molecular formula is C15H24N2O4. The quantitative estimate of drug-likeness (QED) is 0.792. The normalized spacial score (nSPS) is 14.2. The summed E-state index contributed by atoms with van der Waals surface area (Å²) in [6.45, 7) is 6.75. The lowest BCUT2D eigenvalue weighted by Gasteiger charge is -2.26. The van der Waals surface area contributed by atoms with Crippen molar-refractivity contribution in [2.24, 2.45) is 5.73 Å². The summed E-state index contributed by atoms with van der Waals surface area (Å²) in [5.74, 6) is 0.568. The summed E-state index contributed by atoms with van der Waals surface area (Å²) < 4.78 is 10.4. The van der Waals surface area contributed by atoms with Gasteiger partial charge in [0.2, 0.25) is 0 Å². The van der Waals surface area contributed by atoms with E-state index in [0.29, 0.717) is 17.0 Å². The number of carbonyl (C=O) groups is 1. The van der Waals surface area contributed by atoms with Crippen molar-refractivity contribution in [1.29, 1.82) is 0 Å². The maximum Gasteiger partial charge on any atom is 0.412 e. The number of amides is 1. The van der Waals surface area contributed by atoms with Crippen molar-refractivity contribution in [2.45, 2.75) is 38.8 Å². The highest BCUT2D eigenvalue weighted by atomic mass is 16.6. The molecule has 4 N–H and O–H groups in total. The summed E-state index contributed by atoms with van der Waals surface area (Å²) in [5, 5.41) is 12.1. The average Bonchev–Trinajstić information content (AvgIpc) is 2.36. The van der Waals surface area contributed by atoms with E-state index < -0.39 is 17.2 Å². The van der Waals surface area contributed by atoms with Crippen LogP contribution in [0.15, 0.2) is 18.2 Å². The molecule has 0 aliphatic rings. The van der Waals surface area contributed by atoms with Gasteiger partial charge in [0, 0.05) is 6.07 Å². The van der Waals surface area contributed by atoms with E-state index in [1.807, 2.05) is 0 Å². The average molecular weight is 296 g/mol. The third-order valence-electron chi connectivity index (χ3n) is 2.81. The second-order valence-corrected chi connectivity index (χ2v) is 6.11. The van der Waals surface area contributed by atoms with Crippen molar-refractivity contribution in [3.8, 4) is 5.75 Å². The molecule has 1 atom stereocenters. The van der Waals surface area contributed by atoms with Gasteiger partial charge in [-0.1, -0.05) is 6.07 Å². The number of benzene rings is 1. The molecular weight excluding hydrogens is 272 g/mol. The lowest BCUT2D eigenvalue weighted by Crippen LogP contribution is -2.38. The minimum atomic E-state index is -0.989. The highest BCUT2D eigenvalue weighted by Gasteiger charge is 2.25. The molecule has 0 bridgehead atoms. The Bertz CT molecular complexity index is 507. The monoisotopic (exact) mass is 296 g/mol. The maximum atomic E-state index is 11.9. The molecule has 0 spiro atoms. The molecule has 1 aromatic rings. The lowest BCUT2D eigenvalue weighted by atomic mass is 9.92. The molecule has 1 aromatic carbocycles. The van der Waals surface area contributed by atoms with Crippen LogP contribution in [0.3, 0.4) is 0 Å². The van der Waals surface area contributed by atoms with Crippen molar-refractivity contribution in [3.05, 3.63) is 23.8 Å². The van der Waals surface area contributed by atoms with Crippen molar-refractivity contribution in [3.63, 3.8) is 0 Å². The zero-order chi connectivity index (χ0) is 16.3. The molecule has 0 heterocycles. The Morgan fingerprint density at radius 2 is 1.95 bits per heavy atom. The minimum Gasteiger partial charge on any atom is -0.497 e. The highest BCUT2D eigenvalue weighted by molar-refractivity contribution is 5.86. The summed E-state index contributed by atoms with van der Waals surface area (Å²) in [7, 11) is 1.53. The summed E-state index contributed by atoms with van der Waals surface area (Å²) >= 11 is 0. The number of hydrogen-bond acceptors (Lipinski definition) is 5. The van der Waals surface area contributed by atoms with Crippen LogP contribution in [0.25, 0.3) is 0 Å². The Morgan fingerprint density at radius 3 is 2.43 bits per heavy atom. The molecule has 0 aromatic heterocycles. The van der Waals surface area contributed by atoms with E-state index in [9.17, 15) is 9.90 Å².